The van der Waals surface area contributed by atoms with E-state index < -0.39 is 0 Å². The van der Waals surface area contributed by atoms with Gasteiger partial charge in [-0.05, 0) is 6.07 Å². The van der Waals surface area contributed by atoms with Crippen molar-refractivity contribution in [1.29, 1.82) is 5.26 Å². The highest BCUT2D eigenvalue weighted by Gasteiger charge is 2.08. The van der Waals surface area contributed by atoms with Crippen LogP contribution in [0.4, 0.5) is 5.69 Å². The van der Waals surface area contributed by atoms with E-state index in [2.05, 4.69) is 9.97 Å². The van der Waals surface area contributed by atoms with Gasteiger partial charge in [-0.25, -0.2) is 9.97 Å². The first-order chi connectivity index (χ1) is 7.22. The van der Waals surface area contributed by atoms with Gasteiger partial charge >= 0.3 is 0 Å². The Balaban J connectivity index is 2.60. The summed E-state index contributed by atoms with van der Waals surface area (Å²) in [7, 11) is 0. The van der Waals surface area contributed by atoms with Gasteiger partial charge in [-0.3, -0.25) is 4.57 Å². The fourth-order valence-corrected chi connectivity index (χ4v) is 1.37. The van der Waals surface area contributed by atoms with E-state index in [1.54, 1.807) is 12.3 Å². The van der Waals surface area contributed by atoms with Gasteiger partial charge in [0.2, 0.25) is 5.82 Å². The lowest BCUT2D eigenvalue weighted by Gasteiger charge is -2.05. The number of hydrogen-bond donors (Lipinski definition) is 1. The predicted molar refractivity (Wildman–Crippen MR) is 55.5 cm³/mol. The largest absolute Gasteiger partial charge is 0.396 e. The van der Waals surface area contributed by atoms with E-state index in [9.17, 15) is 0 Å². The Morgan fingerprint density at radius 2 is 2.27 bits per heavy atom. The zero-order valence-electron chi connectivity index (χ0n) is 7.55. The Kier molecular flexibility index (Phi) is 2.27. The first-order valence-electron chi connectivity index (χ1n) is 4.07. The van der Waals surface area contributed by atoms with Gasteiger partial charge in [0.25, 0.3) is 0 Å². The summed E-state index contributed by atoms with van der Waals surface area (Å²) in [6, 6.07) is 3.51. The second-order valence-electron chi connectivity index (χ2n) is 2.80. The molecule has 2 N–H and O–H groups in total. The summed E-state index contributed by atoms with van der Waals surface area (Å²) in [5, 5.41) is 9.24. The molecule has 0 saturated heterocycles. The van der Waals surface area contributed by atoms with Crippen molar-refractivity contribution in [3.05, 3.63) is 35.5 Å². The lowest BCUT2D eigenvalue weighted by atomic mass is 10.4. The Morgan fingerprint density at radius 1 is 1.47 bits per heavy atom. The smallest absolute Gasteiger partial charge is 0.218 e. The lowest BCUT2D eigenvalue weighted by molar-refractivity contribution is 0.971. The van der Waals surface area contributed by atoms with E-state index in [4.69, 9.17) is 22.6 Å². The number of rotatable bonds is 1. The number of nitrogens with zero attached hydrogens (tertiary/aromatic N) is 4. The van der Waals surface area contributed by atoms with Crippen molar-refractivity contribution in [2.24, 2.45) is 0 Å². The van der Waals surface area contributed by atoms with Crippen LogP contribution in [0.25, 0.3) is 5.82 Å². The van der Waals surface area contributed by atoms with Crippen LogP contribution >= 0.6 is 11.6 Å². The van der Waals surface area contributed by atoms with Crippen molar-refractivity contribution in [2.45, 2.75) is 0 Å². The molecule has 74 valence electrons. The van der Waals surface area contributed by atoms with Crippen molar-refractivity contribution < 1.29 is 0 Å². The molecule has 15 heavy (non-hydrogen) atoms. The third-order valence-corrected chi connectivity index (χ3v) is 2.04. The molecule has 0 radical (unpaired) electrons. The first kappa shape index (κ1) is 9.49. The van der Waals surface area contributed by atoms with Gasteiger partial charge in [-0.15, -0.1) is 0 Å². The minimum atomic E-state index is 0.233. The molecule has 2 heterocycles. The highest BCUT2D eigenvalue weighted by Crippen LogP contribution is 2.19. The molecule has 0 spiro atoms. The van der Waals surface area contributed by atoms with Crippen LogP contribution < -0.4 is 5.73 Å². The first-order valence-corrected chi connectivity index (χ1v) is 4.45. The van der Waals surface area contributed by atoms with Crippen LogP contribution in [0.15, 0.2) is 24.7 Å². The van der Waals surface area contributed by atoms with E-state index in [0.717, 1.165) is 0 Å². The van der Waals surface area contributed by atoms with Crippen molar-refractivity contribution in [3.63, 3.8) is 0 Å². The Morgan fingerprint density at radius 3 is 2.93 bits per heavy atom. The average molecular weight is 220 g/mol. The van der Waals surface area contributed by atoms with Crippen molar-refractivity contribution in [2.75, 3.05) is 5.73 Å². The van der Waals surface area contributed by atoms with Crippen molar-refractivity contribution in [3.8, 4) is 11.9 Å². The van der Waals surface area contributed by atoms with Crippen LogP contribution in [0.3, 0.4) is 0 Å². The highest BCUT2D eigenvalue weighted by atomic mass is 35.5. The number of pyridine rings is 1. The molecule has 2 rings (SSSR count). The number of imidazole rings is 1. The van der Waals surface area contributed by atoms with E-state index in [0.29, 0.717) is 16.5 Å². The van der Waals surface area contributed by atoms with Crippen LogP contribution in [0, 0.1) is 11.3 Å². The Labute approximate surface area is 90.7 Å². The molecule has 6 heteroatoms. The molecule has 0 aromatic carbocycles. The lowest BCUT2D eigenvalue weighted by Crippen LogP contribution is -2.03. The molecule has 2 aromatic heterocycles. The summed E-state index contributed by atoms with van der Waals surface area (Å²) < 4.78 is 1.51. The predicted octanol–water partition coefficient (Wildman–Crippen LogP) is 1.37. The van der Waals surface area contributed by atoms with Crippen LogP contribution in [0.2, 0.25) is 5.02 Å². The van der Waals surface area contributed by atoms with Crippen molar-refractivity contribution in [1.82, 2.24) is 14.5 Å². The third kappa shape index (κ3) is 1.63. The maximum absolute atomic E-state index is 8.79. The van der Waals surface area contributed by atoms with Crippen LogP contribution in [0.5, 0.6) is 0 Å². The number of nitrogens with two attached hydrogens (primary N) is 1. The molecule has 0 amide bonds. The fraction of sp³-hybridized carbons (Fsp3) is 0. The van der Waals surface area contributed by atoms with Crippen LogP contribution in [-0.2, 0) is 0 Å². The molecule has 0 aliphatic carbocycles. The highest BCUT2D eigenvalue weighted by molar-refractivity contribution is 6.30. The molecule has 0 aliphatic rings. The van der Waals surface area contributed by atoms with Crippen LogP contribution in [0.1, 0.15) is 5.82 Å². The topological polar surface area (TPSA) is 80.5 Å². The standard InChI is InChI=1S/C9H6ClN5/c10-6-3-7(12)9(14-5-6)15-2-1-13-8(15)4-11/h1-3,5H,12H2. The number of aromatic nitrogens is 3. The summed E-state index contributed by atoms with van der Waals surface area (Å²) in [6.45, 7) is 0. The van der Waals surface area contributed by atoms with E-state index in [-0.39, 0.29) is 5.82 Å². The maximum atomic E-state index is 8.79. The van der Waals surface area contributed by atoms with E-state index in [1.165, 1.54) is 17.0 Å². The zero-order valence-corrected chi connectivity index (χ0v) is 8.31. The maximum Gasteiger partial charge on any atom is 0.218 e. The van der Waals surface area contributed by atoms with Gasteiger partial charge < -0.3 is 5.73 Å². The van der Waals surface area contributed by atoms with Gasteiger partial charge in [0.1, 0.15) is 6.07 Å². The number of nitriles is 1. The molecule has 0 bridgehead atoms. The zero-order chi connectivity index (χ0) is 10.8. The summed E-state index contributed by atoms with van der Waals surface area (Å²) in [5.41, 5.74) is 6.13. The fourth-order valence-electron chi connectivity index (χ4n) is 1.21. The summed E-state index contributed by atoms with van der Waals surface area (Å²) in [6.07, 6.45) is 4.59. The Bertz CT molecular complexity index is 540. The molecular weight excluding hydrogens is 214 g/mol. The van der Waals surface area contributed by atoms with E-state index >= 15 is 0 Å². The summed E-state index contributed by atoms with van der Waals surface area (Å²) in [4.78, 5) is 7.89. The molecular formula is C9H6ClN5. The third-order valence-electron chi connectivity index (χ3n) is 1.83. The number of hydrogen-bond acceptors (Lipinski definition) is 4. The molecule has 0 atom stereocenters. The minimum absolute atomic E-state index is 0.233. The van der Waals surface area contributed by atoms with Crippen molar-refractivity contribution >= 4 is 17.3 Å². The average Bonchev–Trinajstić information content (AvgIpc) is 2.65. The SMILES string of the molecule is N#Cc1nccn1-c1ncc(Cl)cc1N. The number of anilines is 1. The van der Waals surface area contributed by atoms with Gasteiger partial charge in [0.15, 0.2) is 5.82 Å². The van der Waals surface area contributed by atoms with E-state index in [1.807, 2.05) is 6.07 Å². The van der Waals surface area contributed by atoms with Crippen LogP contribution in [-0.4, -0.2) is 14.5 Å². The minimum Gasteiger partial charge on any atom is -0.396 e. The molecule has 0 unspecified atom stereocenters. The number of nitrogen functional groups attached to an aromatic ring is 1. The number of halogens is 1. The monoisotopic (exact) mass is 219 g/mol. The molecule has 5 nitrogen and oxygen atoms in total. The second-order valence-corrected chi connectivity index (χ2v) is 3.24. The van der Waals surface area contributed by atoms with Gasteiger partial charge in [-0.2, -0.15) is 5.26 Å². The van der Waals surface area contributed by atoms with Gasteiger partial charge in [-0.1, -0.05) is 11.6 Å². The molecule has 0 fully saturated rings. The second kappa shape index (κ2) is 3.59. The molecule has 2 aromatic rings. The van der Waals surface area contributed by atoms with Gasteiger partial charge in [0.05, 0.1) is 10.7 Å². The molecule has 0 saturated carbocycles. The summed E-state index contributed by atoms with van der Waals surface area (Å²) >= 11 is 5.72. The summed E-state index contributed by atoms with van der Waals surface area (Å²) in [5.74, 6) is 0.685. The quantitative estimate of drug-likeness (QED) is 0.786. The normalized spacial score (nSPS) is 9.87. The molecule has 0 aliphatic heterocycles. The Hall–Kier alpha value is -2.06. The van der Waals surface area contributed by atoms with Gasteiger partial charge in [0, 0.05) is 18.6 Å².